The summed E-state index contributed by atoms with van der Waals surface area (Å²) in [5.41, 5.74) is 2.59. The van der Waals surface area contributed by atoms with Gasteiger partial charge >= 0.3 is 0 Å². The molecule has 1 aromatic carbocycles. The zero-order chi connectivity index (χ0) is 17.4. The molecule has 5 heteroatoms. The maximum absolute atomic E-state index is 13.0. The summed E-state index contributed by atoms with van der Waals surface area (Å²) in [7, 11) is 0. The van der Waals surface area contributed by atoms with Crippen LogP contribution < -0.4 is 4.74 Å². The number of rotatable bonds is 5. The molecule has 0 saturated heterocycles. The van der Waals surface area contributed by atoms with Gasteiger partial charge in [0.05, 0.1) is 6.61 Å². The van der Waals surface area contributed by atoms with Gasteiger partial charge in [-0.2, -0.15) is 0 Å². The van der Waals surface area contributed by atoms with Crippen molar-refractivity contribution in [1.82, 2.24) is 4.98 Å². The lowest BCUT2D eigenvalue weighted by Gasteiger charge is -2.14. The zero-order valence-corrected chi connectivity index (χ0v) is 14.3. The van der Waals surface area contributed by atoms with Crippen LogP contribution in [-0.4, -0.2) is 23.3 Å². The summed E-state index contributed by atoms with van der Waals surface area (Å²) in [5, 5.41) is 9.32. The van der Waals surface area contributed by atoms with Crippen molar-refractivity contribution in [3.63, 3.8) is 0 Å². The number of hydrogen-bond acceptors (Lipinski definition) is 3. The van der Waals surface area contributed by atoms with Crippen LogP contribution in [0.1, 0.15) is 19.4 Å². The maximum atomic E-state index is 13.0. The van der Waals surface area contributed by atoms with Crippen molar-refractivity contribution < 1.29 is 14.2 Å². The number of nitrogens with zero attached hydrogens (tertiary/aromatic N) is 1. The lowest BCUT2D eigenvalue weighted by Crippen LogP contribution is -2.06. The van der Waals surface area contributed by atoms with Gasteiger partial charge in [-0.25, -0.2) is 9.37 Å². The maximum Gasteiger partial charge on any atom is 0.149 e. The summed E-state index contributed by atoms with van der Waals surface area (Å²) in [6.07, 6.45) is 0. The fourth-order valence-corrected chi connectivity index (χ4v) is 2.07. The number of aryl methyl sites for hydroxylation is 1. The zero-order valence-electron chi connectivity index (χ0n) is 13.6. The fraction of sp³-hybridized carbons (Fsp3) is 0.278. The van der Waals surface area contributed by atoms with E-state index in [1.54, 1.807) is 18.2 Å². The summed E-state index contributed by atoms with van der Waals surface area (Å²) in [6.45, 7) is 9.55. The lowest BCUT2D eigenvalue weighted by molar-refractivity contribution is 0.288. The van der Waals surface area contributed by atoms with Crippen LogP contribution in [0.15, 0.2) is 42.5 Å². The quantitative estimate of drug-likeness (QED) is 0.629. The highest BCUT2D eigenvalue weighted by Crippen LogP contribution is 2.33. The molecule has 0 saturated carbocycles. The Morgan fingerprint density at radius 2 is 1.91 bits per heavy atom. The van der Waals surface area contributed by atoms with E-state index in [4.69, 9.17) is 21.4 Å². The Bertz CT molecular complexity index is 657. The molecule has 1 heterocycles. The second-order valence-electron chi connectivity index (χ2n) is 4.64. The Labute approximate surface area is 141 Å². The molecule has 0 aliphatic carbocycles. The average molecular weight is 338 g/mol. The predicted octanol–water partition coefficient (Wildman–Crippen LogP) is 4.80. The second kappa shape index (κ2) is 9.28. The molecule has 1 N–H and O–H groups in total. The second-order valence-corrected chi connectivity index (χ2v) is 5.03. The molecule has 0 atom stereocenters. The molecule has 0 spiro atoms. The summed E-state index contributed by atoms with van der Waals surface area (Å²) >= 11 is 5.99. The van der Waals surface area contributed by atoms with Crippen LogP contribution in [0, 0.1) is 12.7 Å². The van der Waals surface area contributed by atoms with Crippen molar-refractivity contribution >= 4 is 11.6 Å². The predicted molar refractivity (Wildman–Crippen MR) is 92.4 cm³/mol. The minimum atomic E-state index is -0.325. The molecule has 2 aromatic rings. The molecule has 0 unspecified atom stereocenters. The summed E-state index contributed by atoms with van der Waals surface area (Å²) in [6, 6.07) is 7.61. The van der Waals surface area contributed by atoms with E-state index in [2.05, 4.69) is 11.6 Å². The molecule has 23 heavy (non-hydrogen) atoms. The summed E-state index contributed by atoms with van der Waals surface area (Å²) in [5.74, 6) is 0.217. The molecule has 0 bridgehead atoms. The van der Waals surface area contributed by atoms with Crippen LogP contribution in [0.4, 0.5) is 4.39 Å². The average Bonchev–Trinajstić information content (AvgIpc) is 2.55. The third-order valence-corrected chi connectivity index (χ3v) is 3.08. The van der Waals surface area contributed by atoms with Crippen LogP contribution in [0.5, 0.6) is 5.75 Å². The van der Waals surface area contributed by atoms with E-state index >= 15 is 0 Å². The minimum Gasteiger partial charge on any atom is -0.487 e. The number of hydrogen-bond donors (Lipinski definition) is 1. The van der Waals surface area contributed by atoms with E-state index in [1.807, 2.05) is 20.8 Å². The molecule has 3 nitrogen and oxygen atoms in total. The van der Waals surface area contributed by atoms with Crippen molar-refractivity contribution in [2.45, 2.75) is 20.8 Å². The number of aliphatic hydroxyl groups excluding tert-OH is 1. The molecule has 0 radical (unpaired) electrons. The number of benzene rings is 1. The number of aromatic nitrogens is 1. The normalized spacial score (nSPS) is 9.83. The molecular formula is C18H21ClFNO2. The van der Waals surface area contributed by atoms with E-state index in [1.165, 1.54) is 12.1 Å². The number of ether oxygens (including phenoxy) is 1. The van der Waals surface area contributed by atoms with Crippen LogP contribution in [-0.2, 0) is 0 Å². The highest BCUT2D eigenvalue weighted by Gasteiger charge is 2.13. The summed E-state index contributed by atoms with van der Waals surface area (Å²) < 4.78 is 18.7. The molecule has 0 aliphatic rings. The van der Waals surface area contributed by atoms with Crippen LogP contribution in [0.25, 0.3) is 11.3 Å². The number of pyridine rings is 1. The monoisotopic (exact) mass is 337 g/mol. The first-order chi connectivity index (χ1) is 11.0. The topological polar surface area (TPSA) is 42.4 Å². The first-order valence-electron chi connectivity index (χ1n) is 7.34. The van der Waals surface area contributed by atoms with E-state index in [9.17, 15) is 4.39 Å². The molecule has 1 aromatic heterocycles. The Kier molecular flexibility index (Phi) is 7.72. The number of aliphatic hydroxyl groups is 1. The van der Waals surface area contributed by atoms with Gasteiger partial charge in [0.2, 0.25) is 0 Å². The minimum absolute atomic E-state index is 0.147. The van der Waals surface area contributed by atoms with Crippen LogP contribution in [0.3, 0.4) is 0 Å². The molecule has 0 amide bonds. The van der Waals surface area contributed by atoms with E-state index in [0.29, 0.717) is 27.7 Å². The summed E-state index contributed by atoms with van der Waals surface area (Å²) in [4.78, 5) is 4.26. The van der Waals surface area contributed by atoms with E-state index in [0.717, 1.165) is 5.56 Å². The highest BCUT2D eigenvalue weighted by atomic mass is 35.5. The van der Waals surface area contributed by atoms with Gasteiger partial charge in [0.25, 0.3) is 0 Å². The van der Waals surface area contributed by atoms with Gasteiger partial charge in [-0.1, -0.05) is 32.0 Å². The molecule has 2 rings (SSSR count). The van der Waals surface area contributed by atoms with Gasteiger partial charge in [-0.15, -0.1) is 0 Å². The fourth-order valence-electron chi connectivity index (χ4n) is 1.83. The third-order valence-electron chi connectivity index (χ3n) is 2.89. The van der Waals surface area contributed by atoms with Gasteiger partial charge < -0.3 is 9.84 Å². The van der Waals surface area contributed by atoms with Gasteiger partial charge in [-0.3, -0.25) is 0 Å². The van der Waals surface area contributed by atoms with Gasteiger partial charge in [0.1, 0.15) is 29.0 Å². The van der Waals surface area contributed by atoms with Crippen LogP contribution >= 0.6 is 11.6 Å². The first-order valence-corrected chi connectivity index (χ1v) is 7.72. The molecule has 0 aliphatic heterocycles. The van der Waals surface area contributed by atoms with E-state index in [-0.39, 0.29) is 19.0 Å². The SMILES string of the molecule is C=C(CO)COc1c(C)cc(Cl)nc1-c1ccc(F)cc1.CC. The largest absolute Gasteiger partial charge is 0.487 e. The van der Waals surface area contributed by atoms with Crippen molar-refractivity contribution in [3.05, 3.63) is 59.0 Å². The van der Waals surface area contributed by atoms with Gasteiger partial charge in [0, 0.05) is 5.56 Å². The molecule has 0 fully saturated rings. The first kappa shape index (κ1) is 19.1. The van der Waals surface area contributed by atoms with E-state index < -0.39 is 0 Å². The van der Waals surface area contributed by atoms with Crippen molar-refractivity contribution in [3.8, 4) is 17.0 Å². The van der Waals surface area contributed by atoms with Crippen molar-refractivity contribution in [1.29, 1.82) is 0 Å². The van der Waals surface area contributed by atoms with Crippen LogP contribution in [0.2, 0.25) is 5.15 Å². The molecule has 124 valence electrons. The van der Waals surface area contributed by atoms with Crippen molar-refractivity contribution in [2.24, 2.45) is 0 Å². The van der Waals surface area contributed by atoms with Gasteiger partial charge in [-0.05, 0) is 48.4 Å². The van der Waals surface area contributed by atoms with Crippen molar-refractivity contribution in [2.75, 3.05) is 13.2 Å². The standard InChI is InChI=1S/C16H15ClFNO2.C2H6/c1-10(8-20)9-21-16-11(2)7-14(17)19-15(16)12-3-5-13(18)6-4-12;1-2/h3-7,20H,1,8-9H2,2H3;1-2H3. The number of halogens is 2. The Morgan fingerprint density at radius 1 is 1.30 bits per heavy atom. The highest BCUT2D eigenvalue weighted by molar-refractivity contribution is 6.29. The Morgan fingerprint density at radius 3 is 2.48 bits per heavy atom. The molecular weight excluding hydrogens is 317 g/mol. The third kappa shape index (κ3) is 5.34. The Balaban J connectivity index is 0.00000127. The smallest absolute Gasteiger partial charge is 0.149 e. The lowest BCUT2D eigenvalue weighted by atomic mass is 10.1. The Hall–Kier alpha value is -1.91. The van der Waals surface area contributed by atoms with Gasteiger partial charge in [0.15, 0.2) is 0 Å².